The largest absolute Gasteiger partial charge is 0.516 e. The molecule has 0 spiro atoms. The highest BCUT2D eigenvalue weighted by Gasteiger charge is 1.97. The summed E-state index contributed by atoms with van der Waals surface area (Å²) < 4.78 is 27.5. The Morgan fingerprint density at radius 1 is 1.44 bits per heavy atom. The molecule has 0 atom stereocenters. The molecule has 5 N–H and O–H groups in total. The molecule has 56 valence electrons. The second kappa shape index (κ2) is 4.30. The van der Waals surface area contributed by atoms with Gasteiger partial charge >= 0.3 is 0 Å². The van der Waals surface area contributed by atoms with Crippen molar-refractivity contribution in [2.75, 3.05) is 5.75 Å². The summed E-state index contributed by atoms with van der Waals surface area (Å²) in [6.45, 7) is 0. The molecule has 0 bridgehead atoms. The van der Waals surface area contributed by atoms with Gasteiger partial charge in [0.25, 0.3) is 10.1 Å². The minimum Gasteiger partial charge on any atom is -0.516 e. The van der Waals surface area contributed by atoms with E-state index in [1.54, 1.807) is 0 Å². The quantitative estimate of drug-likeness (QED) is 0.387. The van der Waals surface area contributed by atoms with Crippen molar-refractivity contribution in [3.63, 3.8) is 0 Å². The Balaban J connectivity index is 0. The van der Waals surface area contributed by atoms with Crippen LogP contribution in [0.1, 0.15) is 0 Å². The van der Waals surface area contributed by atoms with E-state index in [1.165, 1.54) is 0 Å². The van der Waals surface area contributed by atoms with Crippen LogP contribution in [0.4, 0.5) is 0 Å². The van der Waals surface area contributed by atoms with E-state index in [4.69, 9.17) is 9.66 Å². The SMILES string of the molecule is N.O=S(=O)(O)CC=CO. The second-order valence-electron chi connectivity index (χ2n) is 1.13. The highest BCUT2D eigenvalue weighted by molar-refractivity contribution is 7.85. The van der Waals surface area contributed by atoms with Crippen LogP contribution in [0.25, 0.3) is 0 Å². The van der Waals surface area contributed by atoms with E-state index in [0.29, 0.717) is 6.26 Å². The Hall–Kier alpha value is -0.590. The van der Waals surface area contributed by atoms with Crippen molar-refractivity contribution in [2.24, 2.45) is 0 Å². The summed E-state index contributed by atoms with van der Waals surface area (Å²) in [7, 11) is -3.93. The van der Waals surface area contributed by atoms with Gasteiger partial charge in [0.1, 0.15) is 0 Å². The first kappa shape index (κ1) is 11.2. The molecule has 5 nitrogen and oxygen atoms in total. The zero-order valence-electron chi connectivity index (χ0n) is 4.69. The van der Waals surface area contributed by atoms with E-state index in [9.17, 15) is 8.42 Å². The molecule has 0 heterocycles. The highest BCUT2D eigenvalue weighted by Crippen LogP contribution is 1.80. The van der Waals surface area contributed by atoms with Gasteiger partial charge in [0.2, 0.25) is 0 Å². The summed E-state index contributed by atoms with van der Waals surface area (Å²) in [6, 6.07) is 0. The monoisotopic (exact) mass is 155 g/mol. The van der Waals surface area contributed by atoms with E-state index in [0.717, 1.165) is 6.08 Å². The van der Waals surface area contributed by atoms with E-state index >= 15 is 0 Å². The molecular formula is C3H9NO4S. The van der Waals surface area contributed by atoms with Crippen LogP contribution in [0.2, 0.25) is 0 Å². The standard InChI is InChI=1S/C3H6O4S.H3N/c4-2-1-3-8(5,6)7;/h1-2,4H,3H2,(H,5,6,7);1H3. The van der Waals surface area contributed by atoms with Crippen LogP contribution in [-0.4, -0.2) is 23.8 Å². The molecule has 0 radical (unpaired) electrons. The molecule has 0 aliphatic rings. The zero-order valence-corrected chi connectivity index (χ0v) is 5.50. The van der Waals surface area contributed by atoms with Crippen LogP contribution in [-0.2, 0) is 10.1 Å². The first-order chi connectivity index (χ1) is 3.56. The van der Waals surface area contributed by atoms with Gasteiger partial charge in [-0.1, -0.05) is 0 Å². The normalized spacial score (nSPS) is 11.2. The fourth-order valence-electron chi connectivity index (χ4n) is 0.165. The maximum atomic E-state index is 9.78. The highest BCUT2D eigenvalue weighted by atomic mass is 32.2. The Morgan fingerprint density at radius 2 is 1.89 bits per heavy atom. The average molecular weight is 155 g/mol. The van der Waals surface area contributed by atoms with Crippen molar-refractivity contribution in [2.45, 2.75) is 0 Å². The molecule has 0 aromatic heterocycles. The summed E-state index contributed by atoms with van der Waals surface area (Å²) in [5, 5.41) is 7.87. The number of hydrogen-bond acceptors (Lipinski definition) is 4. The Bertz CT molecular complexity index is 170. The van der Waals surface area contributed by atoms with Gasteiger partial charge in [0, 0.05) is 0 Å². The lowest BCUT2D eigenvalue weighted by atomic mass is 10.7. The van der Waals surface area contributed by atoms with Crippen LogP contribution in [0.15, 0.2) is 12.3 Å². The second-order valence-corrected chi connectivity index (χ2v) is 2.63. The maximum absolute atomic E-state index is 9.78. The number of rotatable bonds is 2. The molecule has 0 rings (SSSR count). The molecule has 0 fully saturated rings. The molecule has 0 aromatic rings. The Kier molecular flexibility index (Phi) is 5.38. The summed E-state index contributed by atoms with van der Waals surface area (Å²) in [6.07, 6.45) is 1.49. The first-order valence-corrected chi connectivity index (χ1v) is 3.41. The molecular weight excluding hydrogens is 146 g/mol. The Labute approximate surface area is 53.3 Å². The third kappa shape index (κ3) is 11.2. The number of hydrogen-bond donors (Lipinski definition) is 3. The molecule has 9 heavy (non-hydrogen) atoms. The van der Waals surface area contributed by atoms with E-state index in [-0.39, 0.29) is 6.15 Å². The van der Waals surface area contributed by atoms with Gasteiger partial charge in [-0.3, -0.25) is 4.55 Å². The molecule has 0 saturated heterocycles. The minimum atomic E-state index is -3.93. The lowest BCUT2D eigenvalue weighted by Gasteiger charge is -1.83. The van der Waals surface area contributed by atoms with Crippen LogP contribution in [0.3, 0.4) is 0 Å². The van der Waals surface area contributed by atoms with Gasteiger partial charge in [-0.25, -0.2) is 0 Å². The summed E-state index contributed by atoms with van der Waals surface area (Å²) >= 11 is 0. The molecule has 0 aliphatic carbocycles. The average Bonchev–Trinajstić information content (AvgIpc) is 1.59. The van der Waals surface area contributed by atoms with Crippen LogP contribution in [0, 0.1) is 0 Å². The van der Waals surface area contributed by atoms with Crippen molar-refractivity contribution in [1.29, 1.82) is 0 Å². The molecule has 0 saturated carbocycles. The molecule has 0 amide bonds. The van der Waals surface area contributed by atoms with Crippen LogP contribution >= 0.6 is 0 Å². The van der Waals surface area contributed by atoms with Crippen molar-refractivity contribution in [3.8, 4) is 0 Å². The third-order valence-corrected chi connectivity index (χ3v) is 1.03. The third-order valence-electron chi connectivity index (χ3n) is 0.412. The predicted molar refractivity (Wildman–Crippen MR) is 33.2 cm³/mol. The van der Waals surface area contributed by atoms with E-state index in [1.807, 2.05) is 0 Å². The summed E-state index contributed by atoms with van der Waals surface area (Å²) in [4.78, 5) is 0. The molecule has 0 unspecified atom stereocenters. The summed E-state index contributed by atoms with van der Waals surface area (Å²) in [5.41, 5.74) is 0. The van der Waals surface area contributed by atoms with Crippen molar-refractivity contribution in [3.05, 3.63) is 12.3 Å². The van der Waals surface area contributed by atoms with Crippen molar-refractivity contribution < 1.29 is 18.1 Å². The minimum absolute atomic E-state index is 0. The maximum Gasteiger partial charge on any atom is 0.268 e. The molecule has 6 heteroatoms. The lowest BCUT2D eigenvalue weighted by Crippen LogP contribution is -1.99. The smallest absolute Gasteiger partial charge is 0.268 e. The van der Waals surface area contributed by atoms with Crippen molar-refractivity contribution >= 4 is 10.1 Å². The van der Waals surface area contributed by atoms with Gasteiger partial charge in [0.15, 0.2) is 0 Å². The zero-order chi connectivity index (χ0) is 6.62. The lowest BCUT2D eigenvalue weighted by molar-refractivity contribution is 0.468. The van der Waals surface area contributed by atoms with Gasteiger partial charge < -0.3 is 11.3 Å². The first-order valence-electron chi connectivity index (χ1n) is 1.80. The van der Waals surface area contributed by atoms with Crippen LogP contribution in [0.5, 0.6) is 0 Å². The van der Waals surface area contributed by atoms with Crippen LogP contribution < -0.4 is 6.15 Å². The van der Waals surface area contributed by atoms with E-state index < -0.39 is 15.9 Å². The van der Waals surface area contributed by atoms with Gasteiger partial charge in [-0.05, 0) is 6.08 Å². The number of aliphatic hydroxyl groups excluding tert-OH is 1. The van der Waals surface area contributed by atoms with Gasteiger partial charge in [-0.15, -0.1) is 0 Å². The molecule has 0 aliphatic heterocycles. The summed E-state index contributed by atoms with van der Waals surface area (Å²) in [5.74, 6) is -0.538. The Morgan fingerprint density at radius 3 is 2.00 bits per heavy atom. The topological polar surface area (TPSA) is 110 Å². The molecule has 0 aromatic carbocycles. The number of aliphatic hydroxyl groups is 1. The fraction of sp³-hybridized carbons (Fsp3) is 0.333. The van der Waals surface area contributed by atoms with Gasteiger partial charge in [0.05, 0.1) is 12.0 Å². The fourth-order valence-corrected chi connectivity index (χ4v) is 0.494. The predicted octanol–water partition coefficient (Wildman–Crippen LogP) is 0.108. The van der Waals surface area contributed by atoms with Crippen molar-refractivity contribution in [1.82, 2.24) is 6.15 Å². The van der Waals surface area contributed by atoms with Gasteiger partial charge in [-0.2, -0.15) is 8.42 Å². The van der Waals surface area contributed by atoms with E-state index in [2.05, 4.69) is 0 Å².